The summed E-state index contributed by atoms with van der Waals surface area (Å²) >= 11 is 0. The van der Waals surface area contributed by atoms with E-state index >= 15 is 0 Å². The van der Waals surface area contributed by atoms with E-state index in [9.17, 15) is 0 Å². The predicted molar refractivity (Wildman–Crippen MR) is 89.0 cm³/mol. The number of rotatable bonds is 12. The number of ether oxygens (including phenoxy) is 1. The standard InChI is InChI=1S/C19H32O/c1-3-5-7-8-9-10-11-12-13-15-17-19-18(20-19)16-14-6-4-2/h6,11-15,18-19H,3-5,7-10,16-17H2,1-2H3/b12-11+,14-6-,15-13-. The fourth-order valence-corrected chi connectivity index (χ4v) is 2.32. The Hall–Kier alpha value is -0.820. The molecule has 1 nitrogen and oxygen atoms in total. The summed E-state index contributed by atoms with van der Waals surface area (Å²) in [5.41, 5.74) is 0. The smallest absolute Gasteiger partial charge is 0.0879 e. The van der Waals surface area contributed by atoms with E-state index in [0.29, 0.717) is 12.2 Å². The van der Waals surface area contributed by atoms with Crippen LogP contribution in [0.4, 0.5) is 0 Å². The lowest BCUT2D eigenvalue weighted by atomic mass is 10.1. The van der Waals surface area contributed by atoms with E-state index in [1.165, 1.54) is 38.5 Å². The van der Waals surface area contributed by atoms with E-state index in [4.69, 9.17) is 4.74 Å². The van der Waals surface area contributed by atoms with E-state index in [1.54, 1.807) is 0 Å². The molecule has 0 saturated carbocycles. The van der Waals surface area contributed by atoms with Crippen molar-refractivity contribution in [1.29, 1.82) is 0 Å². The third-order valence-corrected chi connectivity index (χ3v) is 3.68. The second-order valence-corrected chi connectivity index (χ2v) is 5.62. The molecule has 0 aliphatic carbocycles. The van der Waals surface area contributed by atoms with E-state index in [2.05, 4.69) is 50.3 Å². The van der Waals surface area contributed by atoms with Crippen molar-refractivity contribution >= 4 is 0 Å². The summed E-state index contributed by atoms with van der Waals surface area (Å²) in [5.74, 6) is 0. The summed E-state index contributed by atoms with van der Waals surface area (Å²) in [4.78, 5) is 0. The van der Waals surface area contributed by atoms with Crippen LogP contribution < -0.4 is 0 Å². The Morgan fingerprint density at radius 2 is 1.45 bits per heavy atom. The van der Waals surface area contributed by atoms with Gasteiger partial charge in [-0.15, -0.1) is 0 Å². The maximum Gasteiger partial charge on any atom is 0.0879 e. The zero-order valence-corrected chi connectivity index (χ0v) is 13.4. The van der Waals surface area contributed by atoms with E-state index in [-0.39, 0.29) is 0 Å². The molecule has 0 aromatic carbocycles. The molecular formula is C19H32O. The van der Waals surface area contributed by atoms with Gasteiger partial charge < -0.3 is 4.74 Å². The molecule has 0 bridgehead atoms. The summed E-state index contributed by atoms with van der Waals surface area (Å²) in [6.45, 7) is 4.43. The molecule has 20 heavy (non-hydrogen) atoms. The minimum atomic E-state index is 0.468. The number of allylic oxidation sites excluding steroid dienone is 4. The third kappa shape index (κ3) is 9.14. The highest BCUT2D eigenvalue weighted by molar-refractivity contribution is 5.05. The average molecular weight is 276 g/mol. The fourth-order valence-electron chi connectivity index (χ4n) is 2.32. The Bertz CT molecular complexity index is 301. The second kappa shape index (κ2) is 12.0. The van der Waals surface area contributed by atoms with Gasteiger partial charge in [0.15, 0.2) is 0 Å². The van der Waals surface area contributed by atoms with Crippen molar-refractivity contribution in [3.05, 3.63) is 36.5 Å². The SMILES string of the molecule is CC/C=C\CC1OC1C/C=C\C=C\CCCCCCC. The first kappa shape index (κ1) is 17.2. The van der Waals surface area contributed by atoms with Crippen LogP contribution in [-0.2, 0) is 4.74 Å². The topological polar surface area (TPSA) is 12.5 Å². The van der Waals surface area contributed by atoms with Gasteiger partial charge in [-0.25, -0.2) is 0 Å². The van der Waals surface area contributed by atoms with Gasteiger partial charge in [0.25, 0.3) is 0 Å². The first-order valence-corrected chi connectivity index (χ1v) is 8.50. The van der Waals surface area contributed by atoms with Crippen molar-refractivity contribution in [2.24, 2.45) is 0 Å². The Morgan fingerprint density at radius 3 is 2.20 bits per heavy atom. The molecule has 0 spiro atoms. The monoisotopic (exact) mass is 276 g/mol. The Balaban J connectivity index is 1.91. The zero-order valence-electron chi connectivity index (χ0n) is 13.4. The Morgan fingerprint density at radius 1 is 0.750 bits per heavy atom. The van der Waals surface area contributed by atoms with Crippen molar-refractivity contribution in [2.45, 2.75) is 83.8 Å². The van der Waals surface area contributed by atoms with Crippen LogP contribution in [0.3, 0.4) is 0 Å². The van der Waals surface area contributed by atoms with Crippen molar-refractivity contribution in [3.8, 4) is 0 Å². The van der Waals surface area contributed by atoms with Crippen LogP contribution in [-0.4, -0.2) is 12.2 Å². The fraction of sp³-hybridized carbons (Fsp3) is 0.684. The molecule has 2 unspecified atom stereocenters. The van der Waals surface area contributed by atoms with Crippen LogP contribution in [0.15, 0.2) is 36.5 Å². The summed E-state index contributed by atoms with van der Waals surface area (Å²) in [6, 6.07) is 0. The molecule has 0 N–H and O–H groups in total. The number of unbranched alkanes of at least 4 members (excludes halogenated alkanes) is 5. The van der Waals surface area contributed by atoms with Crippen molar-refractivity contribution in [2.75, 3.05) is 0 Å². The minimum Gasteiger partial charge on any atom is -0.369 e. The largest absolute Gasteiger partial charge is 0.369 e. The lowest BCUT2D eigenvalue weighted by Gasteiger charge is -1.95. The highest BCUT2D eigenvalue weighted by Crippen LogP contribution is 2.28. The first-order chi connectivity index (χ1) is 9.88. The van der Waals surface area contributed by atoms with Gasteiger partial charge in [-0.1, -0.05) is 76.0 Å². The highest BCUT2D eigenvalue weighted by Gasteiger charge is 2.35. The van der Waals surface area contributed by atoms with E-state index in [0.717, 1.165) is 19.3 Å². The van der Waals surface area contributed by atoms with Gasteiger partial charge in [0.05, 0.1) is 12.2 Å². The Kier molecular flexibility index (Phi) is 10.3. The van der Waals surface area contributed by atoms with E-state index < -0.39 is 0 Å². The third-order valence-electron chi connectivity index (χ3n) is 3.68. The average Bonchev–Trinajstić information content (AvgIpc) is 3.20. The summed E-state index contributed by atoms with van der Waals surface area (Å²) in [6.07, 6.45) is 25.6. The van der Waals surface area contributed by atoms with Crippen LogP contribution in [0.5, 0.6) is 0 Å². The molecule has 114 valence electrons. The zero-order chi connectivity index (χ0) is 14.5. The molecule has 2 atom stereocenters. The van der Waals surface area contributed by atoms with Crippen LogP contribution in [0.2, 0.25) is 0 Å². The summed E-state index contributed by atoms with van der Waals surface area (Å²) in [5, 5.41) is 0. The molecule has 1 aliphatic heterocycles. The minimum absolute atomic E-state index is 0.468. The van der Waals surface area contributed by atoms with Gasteiger partial charge in [-0.05, 0) is 32.1 Å². The normalized spacial score (nSPS) is 22.5. The number of hydrogen-bond donors (Lipinski definition) is 0. The number of hydrogen-bond acceptors (Lipinski definition) is 1. The lowest BCUT2D eigenvalue weighted by molar-refractivity contribution is 0.372. The summed E-state index contributed by atoms with van der Waals surface area (Å²) in [7, 11) is 0. The van der Waals surface area contributed by atoms with Gasteiger partial charge >= 0.3 is 0 Å². The molecule has 1 aliphatic rings. The molecule has 1 fully saturated rings. The molecule has 1 heterocycles. The molecule has 0 aromatic heterocycles. The summed E-state index contributed by atoms with van der Waals surface area (Å²) < 4.78 is 5.62. The van der Waals surface area contributed by atoms with E-state index in [1.807, 2.05) is 0 Å². The first-order valence-electron chi connectivity index (χ1n) is 8.50. The van der Waals surface area contributed by atoms with Crippen molar-refractivity contribution in [3.63, 3.8) is 0 Å². The molecule has 0 aromatic rings. The molecule has 1 saturated heterocycles. The van der Waals surface area contributed by atoms with Crippen LogP contribution >= 0.6 is 0 Å². The van der Waals surface area contributed by atoms with Crippen LogP contribution in [0.25, 0.3) is 0 Å². The molecular weight excluding hydrogens is 244 g/mol. The molecule has 0 amide bonds. The van der Waals surface area contributed by atoms with Gasteiger partial charge in [0, 0.05) is 0 Å². The van der Waals surface area contributed by atoms with Gasteiger partial charge in [-0.2, -0.15) is 0 Å². The second-order valence-electron chi connectivity index (χ2n) is 5.62. The number of epoxide rings is 1. The predicted octanol–water partition coefficient (Wildman–Crippen LogP) is 5.97. The molecule has 1 rings (SSSR count). The maximum atomic E-state index is 5.62. The maximum absolute atomic E-state index is 5.62. The van der Waals surface area contributed by atoms with Crippen molar-refractivity contribution < 1.29 is 4.74 Å². The van der Waals surface area contributed by atoms with Crippen LogP contribution in [0, 0.1) is 0 Å². The quantitative estimate of drug-likeness (QED) is 0.185. The van der Waals surface area contributed by atoms with Gasteiger partial charge in [-0.3, -0.25) is 0 Å². The van der Waals surface area contributed by atoms with Gasteiger partial charge in [0.1, 0.15) is 0 Å². The molecule has 0 radical (unpaired) electrons. The Labute approximate surface area is 125 Å². The van der Waals surface area contributed by atoms with Crippen molar-refractivity contribution in [1.82, 2.24) is 0 Å². The van der Waals surface area contributed by atoms with Crippen LogP contribution in [0.1, 0.15) is 71.6 Å². The lowest BCUT2D eigenvalue weighted by Crippen LogP contribution is -1.89. The highest BCUT2D eigenvalue weighted by atomic mass is 16.6. The molecule has 1 heteroatoms. The van der Waals surface area contributed by atoms with Gasteiger partial charge in [0.2, 0.25) is 0 Å².